The number of nitrogens with zero attached hydrogens (tertiary/aromatic N) is 3. The zero-order valence-electron chi connectivity index (χ0n) is 17.6. The Hall–Kier alpha value is -2.40. The third kappa shape index (κ3) is 4.15. The molecule has 29 heavy (non-hydrogen) atoms. The third-order valence-electron chi connectivity index (χ3n) is 6.65. The predicted octanol–water partition coefficient (Wildman–Crippen LogP) is 3.88. The van der Waals surface area contributed by atoms with Crippen molar-refractivity contribution >= 4 is 11.7 Å². The Balaban J connectivity index is 1.67. The summed E-state index contributed by atoms with van der Waals surface area (Å²) in [4.78, 5) is 21.9. The molecule has 0 spiro atoms. The number of hydrogen-bond donors (Lipinski definition) is 1. The van der Waals surface area contributed by atoms with Crippen molar-refractivity contribution in [3.63, 3.8) is 0 Å². The lowest BCUT2D eigenvalue weighted by atomic mass is 9.78. The number of amides is 1. The maximum absolute atomic E-state index is 12.6. The van der Waals surface area contributed by atoms with Crippen LogP contribution in [0.1, 0.15) is 49.7 Å². The number of benzene rings is 1. The smallest absolute Gasteiger partial charge is 0.219 e. The fourth-order valence-corrected chi connectivity index (χ4v) is 5.33. The molecule has 5 heteroatoms. The summed E-state index contributed by atoms with van der Waals surface area (Å²) >= 11 is 0. The van der Waals surface area contributed by atoms with E-state index in [4.69, 9.17) is 0 Å². The van der Waals surface area contributed by atoms with Gasteiger partial charge in [-0.3, -0.25) is 9.69 Å². The summed E-state index contributed by atoms with van der Waals surface area (Å²) in [5.74, 6) is 1.56. The number of anilines is 1. The van der Waals surface area contributed by atoms with Crippen molar-refractivity contribution in [1.29, 1.82) is 0 Å². The monoisotopic (exact) mass is 392 g/mol. The lowest BCUT2D eigenvalue weighted by Gasteiger charge is -2.49. The number of likely N-dealkylation sites (tertiary alicyclic amines) is 2. The van der Waals surface area contributed by atoms with Gasteiger partial charge in [0.25, 0.3) is 0 Å². The second-order valence-corrected chi connectivity index (χ2v) is 8.30. The van der Waals surface area contributed by atoms with Gasteiger partial charge in [-0.15, -0.1) is 0 Å². The number of piperidine rings is 1. The molecule has 4 rings (SSSR count). The molecule has 2 saturated heterocycles. The summed E-state index contributed by atoms with van der Waals surface area (Å²) in [6, 6.07) is 15.6. The molecule has 1 amide bonds. The molecule has 0 bridgehead atoms. The Bertz CT molecular complexity index is 825. The average Bonchev–Trinajstić information content (AvgIpc) is 2.98. The van der Waals surface area contributed by atoms with E-state index in [9.17, 15) is 4.79 Å². The average molecular weight is 393 g/mol. The first kappa shape index (κ1) is 19.9. The first-order chi connectivity index (χ1) is 14.2. The van der Waals surface area contributed by atoms with Crippen molar-refractivity contribution in [3.8, 4) is 0 Å². The summed E-state index contributed by atoms with van der Waals surface area (Å²) in [7, 11) is 1.93. The molecule has 0 unspecified atom stereocenters. The Labute approximate surface area is 174 Å². The van der Waals surface area contributed by atoms with E-state index in [-0.39, 0.29) is 11.9 Å². The molecule has 1 N–H and O–H groups in total. The molecule has 0 aliphatic carbocycles. The molecule has 3 heterocycles. The fraction of sp³-hybridized carbons (Fsp3) is 0.500. The van der Waals surface area contributed by atoms with Crippen LogP contribution in [0, 0.1) is 0 Å². The van der Waals surface area contributed by atoms with Crippen LogP contribution >= 0.6 is 0 Å². The van der Waals surface area contributed by atoms with Crippen LogP contribution in [0.25, 0.3) is 0 Å². The number of hydrogen-bond acceptors (Lipinski definition) is 4. The molecule has 2 fully saturated rings. The second-order valence-electron chi connectivity index (χ2n) is 8.30. The van der Waals surface area contributed by atoms with Crippen LogP contribution in [0.3, 0.4) is 0 Å². The molecular formula is C24H32N4O. The molecule has 5 nitrogen and oxygen atoms in total. The Morgan fingerprint density at radius 2 is 1.93 bits per heavy atom. The fourth-order valence-electron chi connectivity index (χ4n) is 5.33. The van der Waals surface area contributed by atoms with E-state index >= 15 is 0 Å². The topological polar surface area (TPSA) is 48.5 Å². The van der Waals surface area contributed by atoms with Crippen LogP contribution in [-0.4, -0.2) is 52.9 Å². The molecule has 2 aromatic rings. The van der Waals surface area contributed by atoms with Gasteiger partial charge in [-0.1, -0.05) is 42.8 Å². The van der Waals surface area contributed by atoms with E-state index in [1.165, 1.54) is 17.5 Å². The molecule has 0 saturated carbocycles. The molecule has 2 aliphatic rings. The minimum atomic E-state index is 0.210. The number of rotatable bonds is 4. The number of carbonyl (C=O) groups excluding carboxylic acids is 1. The summed E-state index contributed by atoms with van der Waals surface area (Å²) < 4.78 is 0. The zero-order valence-corrected chi connectivity index (χ0v) is 17.6. The number of carbonyl (C=O) groups is 1. The quantitative estimate of drug-likeness (QED) is 0.858. The normalized spacial score (nSPS) is 25.2. The van der Waals surface area contributed by atoms with Gasteiger partial charge >= 0.3 is 0 Å². The van der Waals surface area contributed by atoms with E-state index in [2.05, 4.69) is 56.5 Å². The standard InChI is InChI=1S/C24H32N4O/c1-18(29)28-15-7-6-12-22-23(28)21(19-9-4-3-5-10-19)13-16-27(22)17-20-11-8-14-26-24(20)25-2/h3-5,8-11,14,21-23H,6-7,12-13,15-17H2,1-2H3,(H,25,26)/t21-,22-,23-/m1/s1. The number of nitrogens with one attached hydrogen (secondary N) is 1. The van der Waals surface area contributed by atoms with Gasteiger partial charge in [0.05, 0.1) is 6.04 Å². The lowest BCUT2D eigenvalue weighted by Crippen LogP contribution is -2.58. The maximum atomic E-state index is 12.6. The maximum Gasteiger partial charge on any atom is 0.219 e. The van der Waals surface area contributed by atoms with Gasteiger partial charge < -0.3 is 10.2 Å². The molecule has 2 aliphatic heterocycles. The van der Waals surface area contributed by atoms with Gasteiger partial charge in [-0.2, -0.15) is 0 Å². The third-order valence-corrected chi connectivity index (χ3v) is 6.65. The Morgan fingerprint density at radius 3 is 2.69 bits per heavy atom. The summed E-state index contributed by atoms with van der Waals surface area (Å²) in [5.41, 5.74) is 2.60. The summed E-state index contributed by atoms with van der Waals surface area (Å²) in [6.07, 6.45) is 6.32. The van der Waals surface area contributed by atoms with Crippen molar-refractivity contribution in [1.82, 2.24) is 14.8 Å². The summed E-state index contributed by atoms with van der Waals surface area (Å²) in [6.45, 7) is 4.54. The molecule has 1 aromatic heterocycles. The highest BCUT2D eigenvalue weighted by Crippen LogP contribution is 2.39. The van der Waals surface area contributed by atoms with Crippen molar-refractivity contribution < 1.29 is 4.79 Å². The van der Waals surface area contributed by atoms with Crippen LogP contribution in [0.2, 0.25) is 0 Å². The van der Waals surface area contributed by atoms with E-state index < -0.39 is 0 Å². The number of pyridine rings is 1. The minimum absolute atomic E-state index is 0.210. The molecular weight excluding hydrogens is 360 g/mol. The minimum Gasteiger partial charge on any atom is -0.373 e. The SMILES string of the molecule is CNc1ncccc1CN1CC[C@H](c2ccccc2)[C@@H]2[C@H]1CCCCN2C(C)=O. The van der Waals surface area contributed by atoms with Crippen molar-refractivity contribution in [2.75, 3.05) is 25.5 Å². The molecule has 1 aromatic carbocycles. The first-order valence-electron chi connectivity index (χ1n) is 10.9. The van der Waals surface area contributed by atoms with Gasteiger partial charge in [-0.25, -0.2) is 4.98 Å². The van der Waals surface area contributed by atoms with Crippen molar-refractivity contribution in [2.45, 2.75) is 57.2 Å². The van der Waals surface area contributed by atoms with Crippen LogP contribution in [0.4, 0.5) is 5.82 Å². The Kier molecular flexibility index (Phi) is 6.14. The highest BCUT2D eigenvalue weighted by atomic mass is 16.2. The zero-order chi connectivity index (χ0) is 20.2. The van der Waals surface area contributed by atoms with Crippen LogP contribution < -0.4 is 5.32 Å². The lowest BCUT2D eigenvalue weighted by molar-refractivity contribution is -0.134. The highest BCUT2D eigenvalue weighted by Gasteiger charge is 2.43. The van der Waals surface area contributed by atoms with E-state index in [0.29, 0.717) is 12.0 Å². The second kappa shape index (κ2) is 8.95. The van der Waals surface area contributed by atoms with E-state index in [1.807, 2.05) is 19.3 Å². The highest BCUT2D eigenvalue weighted by molar-refractivity contribution is 5.74. The van der Waals surface area contributed by atoms with Crippen molar-refractivity contribution in [2.24, 2.45) is 0 Å². The molecule has 0 radical (unpaired) electrons. The van der Waals surface area contributed by atoms with Crippen molar-refractivity contribution in [3.05, 3.63) is 59.8 Å². The van der Waals surface area contributed by atoms with Crippen LogP contribution in [-0.2, 0) is 11.3 Å². The largest absolute Gasteiger partial charge is 0.373 e. The van der Waals surface area contributed by atoms with Gasteiger partial charge in [0.1, 0.15) is 5.82 Å². The number of fused-ring (bicyclic) bond motifs is 1. The first-order valence-corrected chi connectivity index (χ1v) is 10.9. The molecule has 3 atom stereocenters. The van der Waals surface area contributed by atoms with Gasteiger partial charge in [0, 0.05) is 50.8 Å². The molecule has 154 valence electrons. The van der Waals surface area contributed by atoms with Gasteiger partial charge in [0.15, 0.2) is 0 Å². The predicted molar refractivity (Wildman–Crippen MR) is 117 cm³/mol. The van der Waals surface area contributed by atoms with Crippen LogP contribution in [0.5, 0.6) is 0 Å². The van der Waals surface area contributed by atoms with Gasteiger partial charge in [0.2, 0.25) is 5.91 Å². The Morgan fingerprint density at radius 1 is 1.10 bits per heavy atom. The van der Waals surface area contributed by atoms with Gasteiger partial charge in [-0.05, 0) is 37.4 Å². The van der Waals surface area contributed by atoms with E-state index in [0.717, 1.165) is 44.7 Å². The number of aromatic nitrogens is 1. The summed E-state index contributed by atoms with van der Waals surface area (Å²) in [5, 5.41) is 3.23. The van der Waals surface area contributed by atoms with Crippen LogP contribution in [0.15, 0.2) is 48.7 Å². The van der Waals surface area contributed by atoms with E-state index in [1.54, 1.807) is 6.92 Å².